The lowest BCUT2D eigenvalue weighted by Crippen LogP contribution is -2.58. The summed E-state index contributed by atoms with van der Waals surface area (Å²) in [6.45, 7) is 7.12. The van der Waals surface area contributed by atoms with E-state index in [1.165, 1.54) is 0 Å². The zero-order chi connectivity index (χ0) is 29.0. The van der Waals surface area contributed by atoms with Gasteiger partial charge in [-0.15, -0.1) is 0 Å². The quantitative estimate of drug-likeness (QED) is 0.352. The van der Waals surface area contributed by atoms with Gasteiger partial charge >= 0.3 is 0 Å². The van der Waals surface area contributed by atoms with Crippen molar-refractivity contribution in [1.29, 1.82) is 0 Å². The summed E-state index contributed by atoms with van der Waals surface area (Å²) in [6, 6.07) is 4.51. The summed E-state index contributed by atoms with van der Waals surface area (Å²) < 4.78 is 22.6. The van der Waals surface area contributed by atoms with E-state index in [0.29, 0.717) is 35.4 Å². The number of carbonyl (C=O) groups excluding carboxylic acids is 1. The highest BCUT2D eigenvalue weighted by molar-refractivity contribution is 7.90. The van der Waals surface area contributed by atoms with Crippen LogP contribution in [0.15, 0.2) is 12.1 Å². The van der Waals surface area contributed by atoms with Gasteiger partial charge in [-0.25, -0.2) is 23.4 Å². The molecule has 15 heteroatoms. The fourth-order valence-corrected chi connectivity index (χ4v) is 6.26. The highest BCUT2D eigenvalue weighted by Crippen LogP contribution is 2.30. The molecule has 4 rings (SSSR count). The summed E-state index contributed by atoms with van der Waals surface area (Å²) in [7, 11) is -3.21. The van der Waals surface area contributed by atoms with E-state index < -0.39 is 15.7 Å². The first-order valence-electron chi connectivity index (χ1n) is 13.4. The molecule has 1 atom stereocenters. The lowest BCUT2D eigenvalue weighted by Gasteiger charge is -2.47. The fourth-order valence-electron chi connectivity index (χ4n) is 5.39. The molecule has 0 saturated carbocycles. The molecule has 2 aromatic heterocycles. The Morgan fingerprint density at radius 1 is 1.07 bits per heavy atom. The van der Waals surface area contributed by atoms with Gasteiger partial charge in [0.15, 0.2) is 22.5 Å². The molecule has 40 heavy (non-hydrogen) atoms. The third-order valence-corrected chi connectivity index (χ3v) is 8.94. The predicted molar refractivity (Wildman–Crippen MR) is 158 cm³/mol. The molecule has 5 N–H and O–H groups in total. The number of piperazine rings is 1. The van der Waals surface area contributed by atoms with E-state index in [1.54, 1.807) is 6.07 Å². The zero-order valence-electron chi connectivity index (χ0n) is 22.8. The number of halogens is 2. The van der Waals surface area contributed by atoms with Crippen molar-refractivity contribution in [2.75, 3.05) is 67.6 Å². The Morgan fingerprint density at radius 2 is 1.80 bits per heavy atom. The number of pyridine rings is 1. The molecule has 220 valence electrons. The molecule has 0 unspecified atom stereocenters. The Bertz CT molecular complexity index is 1320. The van der Waals surface area contributed by atoms with Crippen LogP contribution >= 0.6 is 23.2 Å². The van der Waals surface area contributed by atoms with Crippen molar-refractivity contribution in [2.24, 2.45) is 0 Å². The van der Waals surface area contributed by atoms with Crippen LogP contribution in [0.25, 0.3) is 0 Å². The van der Waals surface area contributed by atoms with Crippen LogP contribution in [0.5, 0.6) is 0 Å². The van der Waals surface area contributed by atoms with E-state index in [2.05, 4.69) is 41.9 Å². The van der Waals surface area contributed by atoms with E-state index in [-0.39, 0.29) is 29.0 Å². The van der Waals surface area contributed by atoms with Crippen molar-refractivity contribution in [1.82, 2.24) is 30.1 Å². The number of aromatic nitrogens is 3. The van der Waals surface area contributed by atoms with Crippen molar-refractivity contribution in [3.8, 4) is 0 Å². The van der Waals surface area contributed by atoms with Gasteiger partial charge in [0.25, 0.3) is 5.91 Å². The molecule has 0 radical (unpaired) electrons. The van der Waals surface area contributed by atoms with E-state index >= 15 is 0 Å². The summed E-state index contributed by atoms with van der Waals surface area (Å²) in [4.78, 5) is 32.4. The molecule has 2 aliphatic rings. The summed E-state index contributed by atoms with van der Waals surface area (Å²) in [5.74, 6) is 0.0951. The largest absolute Gasteiger partial charge is 0.383 e. The first-order valence-corrected chi connectivity index (χ1v) is 16.2. The summed E-state index contributed by atoms with van der Waals surface area (Å²) >= 11 is 12.4. The third kappa shape index (κ3) is 7.64. The van der Waals surface area contributed by atoms with E-state index in [1.807, 2.05) is 6.07 Å². The molecule has 0 bridgehead atoms. The summed E-state index contributed by atoms with van der Waals surface area (Å²) in [5.41, 5.74) is 13.0. The number of nitrogen functional groups attached to an aromatic ring is 2. The minimum absolute atomic E-state index is 0.0457. The summed E-state index contributed by atoms with van der Waals surface area (Å²) in [6.07, 6.45) is 4.19. The van der Waals surface area contributed by atoms with E-state index in [0.717, 1.165) is 63.8 Å². The molecule has 12 nitrogen and oxygen atoms in total. The highest BCUT2D eigenvalue weighted by Gasteiger charge is 2.34. The fraction of sp³-hybridized carbons (Fsp3) is 0.600. The van der Waals surface area contributed by atoms with Gasteiger partial charge in [-0.1, -0.05) is 36.2 Å². The van der Waals surface area contributed by atoms with Crippen LogP contribution in [-0.4, -0.2) is 102 Å². The lowest BCUT2D eigenvalue weighted by molar-refractivity contribution is 0.0611. The molecular weight excluding hydrogens is 577 g/mol. The molecule has 2 saturated heterocycles. The van der Waals surface area contributed by atoms with E-state index in [4.69, 9.17) is 34.7 Å². The van der Waals surface area contributed by atoms with Crippen molar-refractivity contribution in [3.63, 3.8) is 0 Å². The van der Waals surface area contributed by atoms with Crippen LogP contribution < -0.4 is 21.7 Å². The first-order chi connectivity index (χ1) is 18.9. The maximum Gasteiger partial charge on any atom is 0.273 e. The third-order valence-electron chi connectivity index (χ3n) is 7.53. The summed E-state index contributed by atoms with van der Waals surface area (Å²) in [5, 5.41) is 3.00. The monoisotopic (exact) mass is 613 g/mol. The number of rotatable bonds is 9. The first kappa shape index (κ1) is 30.5. The number of hydrogen-bond acceptors (Lipinski definition) is 11. The second-order valence-corrected chi connectivity index (χ2v) is 13.4. The Balaban J connectivity index is 1.34. The van der Waals surface area contributed by atoms with Gasteiger partial charge in [-0.05, 0) is 38.4 Å². The van der Waals surface area contributed by atoms with Gasteiger partial charge in [-0.3, -0.25) is 14.6 Å². The molecule has 0 aromatic carbocycles. The second kappa shape index (κ2) is 13.0. The van der Waals surface area contributed by atoms with Gasteiger partial charge in [0.2, 0.25) is 0 Å². The van der Waals surface area contributed by atoms with Crippen LogP contribution in [0.3, 0.4) is 0 Å². The average molecular weight is 615 g/mol. The molecule has 0 spiro atoms. The Labute approximate surface area is 245 Å². The number of piperidine rings is 1. The Kier molecular flexibility index (Phi) is 9.93. The number of anilines is 3. The Morgan fingerprint density at radius 3 is 2.45 bits per heavy atom. The van der Waals surface area contributed by atoms with Crippen LogP contribution in [0.1, 0.15) is 42.2 Å². The topological polar surface area (TPSA) is 164 Å². The zero-order valence-corrected chi connectivity index (χ0v) is 25.1. The number of nitrogens with zero attached hydrogens (tertiary/aromatic N) is 6. The van der Waals surface area contributed by atoms with Gasteiger partial charge < -0.3 is 21.7 Å². The number of sulfone groups is 1. The average Bonchev–Trinajstić information content (AvgIpc) is 2.90. The standard InChI is InChI=1S/C25H37Cl2N9O3S/c1-3-17-15-35(24-21(27)32-20(23(29)33-24)25(37)30-8-13-40(2,38)39)11-12-36(17)18-6-9-34(10-7-18)14-16-4-5-19(26)31-22(16)28/h4-5,17-18H,3,6-15H2,1-2H3,(H2,28,31)(H2,29,33)(H,30,37)/t17-/m0/s1. The van der Waals surface area contributed by atoms with Gasteiger partial charge in [0.05, 0.1) is 5.75 Å². The molecule has 4 heterocycles. The normalized spacial score (nSPS) is 19.6. The maximum absolute atomic E-state index is 12.5. The SMILES string of the molecule is CC[C@H]1CN(c2nc(N)c(C(=O)NCCS(C)(=O)=O)nc2Cl)CCN1C1CCN(Cc2ccc(Cl)nc2N)CC1. The smallest absolute Gasteiger partial charge is 0.273 e. The number of hydrogen-bond donors (Lipinski definition) is 3. The lowest BCUT2D eigenvalue weighted by atomic mass is 9.98. The number of likely N-dealkylation sites (tertiary alicyclic amines) is 1. The molecule has 2 aliphatic heterocycles. The maximum atomic E-state index is 12.5. The van der Waals surface area contributed by atoms with Crippen molar-refractivity contribution in [3.05, 3.63) is 33.7 Å². The molecule has 0 aliphatic carbocycles. The number of nitrogens with two attached hydrogens (primary N) is 2. The van der Waals surface area contributed by atoms with Crippen LogP contribution in [0, 0.1) is 0 Å². The Hall–Kier alpha value is -2.45. The second-order valence-electron chi connectivity index (χ2n) is 10.4. The molecule has 2 fully saturated rings. The van der Waals surface area contributed by atoms with E-state index in [9.17, 15) is 13.2 Å². The minimum atomic E-state index is -3.21. The minimum Gasteiger partial charge on any atom is -0.383 e. The molecular formula is C25H37Cl2N9O3S. The number of nitrogens with one attached hydrogen (secondary N) is 1. The van der Waals surface area contributed by atoms with Crippen LogP contribution in [0.2, 0.25) is 10.3 Å². The van der Waals surface area contributed by atoms with Crippen molar-refractivity contribution >= 4 is 56.4 Å². The predicted octanol–water partition coefficient (Wildman–Crippen LogP) is 1.68. The van der Waals surface area contributed by atoms with Crippen molar-refractivity contribution < 1.29 is 13.2 Å². The van der Waals surface area contributed by atoms with Gasteiger partial charge in [0.1, 0.15) is 20.8 Å². The van der Waals surface area contributed by atoms with Gasteiger partial charge in [0, 0.05) is 56.6 Å². The molecule has 2 aromatic rings. The van der Waals surface area contributed by atoms with Gasteiger partial charge in [-0.2, -0.15) is 0 Å². The van der Waals surface area contributed by atoms with Crippen LogP contribution in [-0.2, 0) is 16.4 Å². The van der Waals surface area contributed by atoms with Crippen LogP contribution in [0.4, 0.5) is 17.5 Å². The molecule has 1 amide bonds. The highest BCUT2D eigenvalue weighted by atomic mass is 35.5. The number of amides is 1. The number of carbonyl (C=O) groups is 1. The van der Waals surface area contributed by atoms with Crippen molar-refractivity contribution in [2.45, 2.75) is 44.8 Å².